The number of aromatic nitrogens is 2. The Kier molecular flexibility index (Phi) is 5.48. The molecule has 3 aromatic rings. The van der Waals surface area contributed by atoms with Crippen molar-refractivity contribution in [2.45, 2.75) is 12.6 Å². The lowest BCUT2D eigenvalue weighted by molar-refractivity contribution is 0.1000. The molecule has 7 nitrogen and oxygen atoms in total. The maximum absolute atomic E-state index is 11.3. The summed E-state index contributed by atoms with van der Waals surface area (Å²) in [6.07, 6.45) is 1.81. The highest BCUT2D eigenvalue weighted by atomic mass is 35.5. The SMILES string of the molecule is NC(=O)c1cccc(CNc2ccnc(N3CC(Oc4ccc(Cl)cc4)C3)n2)c1. The van der Waals surface area contributed by atoms with Crippen LogP contribution in [0, 0.1) is 0 Å². The highest BCUT2D eigenvalue weighted by Crippen LogP contribution is 2.23. The van der Waals surface area contributed by atoms with Gasteiger partial charge in [-0.3, -0.25) is 4.79 Å². The maximum atomic E-state index is 11.3. The van der Waals surface area contributed by atoms with E-state index in [1.165, 1.54) is 0 Å². The fraction of sp³-hybridized carbons (Fsp3) is 0.190. The minimum Gasteiger partial charge on any atom is -0.487 e. The second-order valence-corrected chi connectivity index (χ2v) is 7.20. The quantitative estimate of drug-likeness (QED) is 0.622. The predicted molar refractivity (Wildman–Crippen MR) is 112 cm³/mol. The van der Waals surface area contributed by atoms with Crippen LogP contribution in [0.15, 0.2) is 60.8 Å². The van der Waals surface area contributed by atoms with E-state index in [0.29, 0.717) is 42.0 Å². The Balaban J connectivity index is 1.32. The molecular weight excluding hydrogens is 390 g/mol. The molecule has 1 amide bonds. The molecular formula is C21H20ClN5O2. The van der Waals surface area contributed by atoms with E-state index in [4.69, 9.17) is 22.1 Å². The number of nitrogens with one attached hydrogen (secondary N) is 1. The van der Waals surface area contributed by atoms with Gasteiger partial charge in [0.25, 0.3) is 0 Å². The average molecular weight is 410 g/mol. The summed E-state index contributed by atoms with van der Waals surface area (Å²) in [7, 11) is 0. The molecule has 0 atom stereocenters. The van der Waals surface area contributed by atoms with Gasteiger partial charge in [-0.05, 0) is 48.0 Å². The van der Waals surface area contributed by atoms with E-state index in [1.54, 1.807) is 18.3 Å². The molecule has 0 radical (unpaired) electrons. The van der Waals surface area contributed by atoms with Gasteiger partial charge in [-0.15, -0.1) is 0 Å². The average Bonchev–Trinajstić information content (AvgIpc) is 2.70. The van der Waals surface area contributed by atoms with Crippen molar-refractivity contribution in [3.05, 3.63) is 76.9 Å². The van der Waals surface area contributed by atoms with E-state index in [-0.39, 0.29) is 6.10 Å². The van der Waals surface area contributed by atoms with Crippen LogP contribution in [0.3, 0.4) is 0 Å². The molecule has 1 aliphatic heterocycles. The van der Waals surface area contributed by atoms with E-state index < -0.39 is 5.91 Å². The van der Waals surface area contributed by atoms with Crippen molar-refractivity contribution >= 4 is 29.3 Å². The van der Waals surface area contributed by atoms with Gasteiger partial charge in [0.15, 0.2) is 0 Å². The monoisotopic (exact) mass is 409 g/mol. The van der Waals surface area contributed by atoms with Crippen molar-refractivity contribution in [3.8, 4) is 5.75 Å². The lowest BCUT2D eigenvalue weighted by Gasteiger charge is -2.38. The first kappa shape index (κ1) is 19.0. The summed E-state index contributed by atoms with van der Waals surface area (Å²) < 4.78 is 5.91. The molecule has 0 unspecified atom stereocenters. The van der Waals surface area contributed by atoms with Crippen LogP contribution in [0.25, 0.3) is 0 Å². The van der Waals surface area contributed by atoms with Gasteiger partial charge in [-0.1, -0.05) is 23.7 Å². The summed E-state index contributed by atoms with van der Waals surface area (Å²) in [6.45, 7) is 1.96. The van der Waals surface area contributed by atoms with Gasteiger partial charge in [0, 0.05) is 23.3 Å². The van der Waals surface area contributed by atoms with Crippen molar-refractivity contribution in [1.29, 1.82) is 0 Å². The molecule has 0 spiro atoms. The fourth-order valence-electron chi connectivity index (χ4n) is 3.01. The van der Waals surface area contributed by atoms with E-state index >= 15 is 0 Å². The zero-order valence-electron chi connectivity index (χ0n) is 15.6. The number of hydrogen-bond acceptors (Lipinski definition) is 6. The Labute approximate surface area is 173 Å². The van der Waals surface area contributed by atoms with E-state index in [9.17, 15) is 4.79 Å². The topological polar surface area (TPSA) is 93.4 Å². The first-order valence-corrected chi connectivity index (χ1v) is 9.57. The third-order valence-electron chi connectivity index (χ3n) is 4.58. The predicted octanol–water partition coefficient (Wildman–Crippen LogP) is 3.11. The third kappa shape index (κ3) is 4.75. The number of hydrogen-bond donors (Lipinski definition) is 2. The summed E-state index contributed by atoms with van der Waals surface area (Å²) in [6, 6.07) is 16.3. The minimum atomic E-state index is -0.440. The van der Waals surface area contributed by atoms with Crippen LogP contribution in [0.4, 0.5) is 11.8 Å². The van der Waals surface area contributed by atoms with Gasteiger partial charge in [0.05, 0.1) is 13.1 Å². The molecule has 1 aliphatic rings. The molecule has 8 heteroatoms. The first-order chi connectivity index (χ1) is 14.1. The molecule has 1 saturated heterocycles. The van der Waals surface area contributed by atoms with Gasteiger partial charge in [-0.2, -0.15) is 4.98 Å². The number of benzene rings is 2. The second-order valence-electron chi connectivity index (χ2n) is 6.76. The molecule has 3 N–H and O–H groups in total. The maximum Gasteiger partial charge on any atom is 0.248 e. The van der Waals surface area contributed by atoms with Crippen LogP contribution < -0.4 is 20.7 Å². The molecule has 0 bridgehead atoms. The number of carbonyl (C=O) groups is 1. The number of halogens is 1. The minimum absolute atomic E-state index is 0.0907. The Bertz CT molecular complexity index is 1010. The van der Waals surface area contributed by atoms with Gasteiger partial charge >= 0.3 is 0 Å². The number of nitrogens with two attached hydrogens (primary N) is 1. The summed E-state index contributed by atoms with van der Waals surface area (Å²) in [5.74, 6) is 1.72. The Morgan fingerprint density at radius 2 is 2.00 bits per heavy atom. The van der Waals surface area contributed by atoms with Gasteiger partial charge in [-0.25, -0.2) is 4.98 Å². The van der Waals surface area contributed by atoms with Gasteiger partial charge in [0.1, 0.15) is 17.7 Å². The normalized spacial score (nSPS) is 13.6. The molecule has 0 aliphatic carbocycles. The third-order valence-corrected chi connectivity index (χ3v) is 4.83. The van der Waals surface area contributed by atoms with E-state index in [1.807, 2.05) is 42.5 Å². The van der Waals surface area contributed by atoms with Crippen LogP contribution >= 0.6 is 11.6 Å². The highest BCUT2D eigenvalue weighted by molar-refractivity contribution is 6.30. The zero-order chi connectivity index (χ0) is 20.2. The number of rotatable bonds is 7. The van der Waals surface area contributed by atoms with Crippen LogP contribution in [0.2, 0.25) is 5.02 Å². The zero-order valence-corrected chi connectivity index (χ0v) is 16.3. The highest BCUT2D eigenvalue weighted by Gasteiger charge is 2.30. The molecule has 0 saturated carbocycles. The van der Waals surface area contributed by atoms with Gasteiger partial charge < -0.3 is 20.7 Å². The number of anilines is 2. The number of nitrogens with zero attached hydrogens (tertiary/aromatic N) is 3. The summed E-state index contributed by atoms with van der Waals surface area (Å²) >= 11 is 5.89. The summed E-state index contributed by atoms with van der Waals surface area (Å²) in [4.78, 5) is 22.3. The van der Waals surface area contributed by atoms with E-state index in [2.05, 4.69) is 20.2 Å². The van der Waals surface area contributed by atoms with Crippen molar-refractivity contribution < 1.29 is 9.53 Å². The Hall–Kier alpha value is -3.32. The van der Waals surface area contributed by atoms with Crippen LogP contribution in [-0.2, 0) is 6.54 Å². The number of carbonyl (C=O) groups excluding carboxylic acids is 1. The first-order valence-electron chi connectivity index (χ1n) is 9.20. The number of ether oxygens (including phenoxy) is 1. The lowest BCUT2D eigenvalue weighted by atomic mass is 10.1. The number of primary amides is 1. The second kappa shape index (κ2) is 8.36. The standard InChI is InChI=1S/C21H20ClN5O2/c22-16-4-6-17(7-5-16)29-18-12-27(13-18)21-24-9-8-19(26-21)25-11-14-2-1-3-15(10-14)20(23)28/h1-10,18H,11-13H2,(H2,23,28)(H,24,25,26). The van der Waals surface area contributed by atoms with Crippen molar-refractivity contribution in [2.24, 2.45) is 5.73 Å². The molecule has 2 heterocycles. The Morgan fingerprint density at radius 1 is 1.21 bits per heavy atom. The number of amides is 1. The molecule has 4 rings (SSSR count). The van der Waals surface area contributed by atoms with Crippen LogP contribution in [0.1, 0.15) is 15.9 Å². The molecule has 29 heavy (non-hydrogen) atoms. The van der Waals surface area contributed by atoms with Crippen molar-refractivity contribution in [3.63, 3.8) is 0 Å². The van der Waals surface area contributed by atoms with Crippen molar-refractivity contribution in [1.82, 2.24) is 9.97 Å². The summed E-state index contributed by atoms with van der Waals surface area (Å²) in [5.41, 5.74) is 6.76. The fourth-order valence-corrected chi connectivity index (χ4v) is 3.13. The molecule has 148 valence electrons. The largest absolute Gasteiger partial charge is 0.487 e. The Morgan fingerprint density at radius 3 is 2.76 bits per heavy atom. The molecule has 1 fully saturated rings. The lowest BCUT2D eigenvalue weighted by Crippen LogP contribution is -2.54. The smallest absolute Gasteiger partial charge is 0.248 e. The molecule has 1 aromatic heterocycles. The van der Waals surface area contributed by atoms with Crippen molar-refractivity contribution in [2.75, 3.05) is 23.3 Å². The van der Waals surface area contributed by atoms with Crippen LogP contribution in [0.5, 0.6) is 5.75 Å². The van der Waals surface area contributed by atoms with Gasteiger partial charge in [0.2, 0.25) is 11.9 Å². The molecule has 2 aromatic carbocycles. The summed E-state index contributed by atoms with van der Waals surface area (Å²) in [5, 5.41) is 3.94. The van der Waals surface area contributed by atoms with Crippen LogP contribution in [-0.4, -0.2) is 35.1 Å². The van der Waals surface area contributed by atoms with E-state index in [0.717, 1.165) is 11.3 Å².